The van der Waals surface area contributed by atoms with Crippen molar-refractivity contribution in [2.45, 2.75) is 0 Å². The highest BCUT2D eigenvalue weighted by Crippen LogP contribution is 2.26. The molecule has 5 aromatic rings. The van der Waals surface area contributed by atoms with Gasteiger partial charge in [0.1, 0.15) is 5.82 Å². The third-order valence-corrected chi connectivity index (χ3v) is 5.43. The van der Waals surface area contributed by atoms with E-state index in [1.807, 2.05) is 60.7 Å². The summed E-state index contributed by atoms with van der Waals surface area (Å²) < 4.78 is 1.62. The van der Waals surface area contributed by atoms with Crippen molar-refractivity contribution in [3.05, 3.63) is 105 Å². The molecular weight excluding hydrogens is 403 g/mol. The molecule has 0 amide bonds. The van der Waals surface area contributed by atoms with Gasteiger partial charge in [0.05, 0.1) is 16.6 Å². The molecule has 0 fully saturated rings. The highest BCUT2D eigenvalue weighted by molar-refractivity contribution is 6.30. The second kappa shape index (κ2) is 7.03. The summed E-state index contributed by atoms with van der Waals surface area (Å²) >= 11 is 12.1. The largest absolute Gasteiger partial charge is 0.268 e. The Labute approximate surface area is 176 Å². The van der Waals surface area contributed by atoms with Gasteiger partial charge in [0, 0.05) is 15.6 Å². The lowest BCUT2D eigenvalue weighted by molar-refractivity contribution is 0.976. The summed E-state index contributed by atoms with van der Waals surface area (Å²) in [4.78, 5) is 18.5. The van der Waals surface area contributed by atoms with Crippen LogP contribution in [-0.2, 0) is 0 Å². The Morgan fingerprint density at radius 3 is 1.97 bits per heavy atom. The van der Waals surface area contributed by atoms with E-state index in [4.69, 9.17) is 28.2 Å². The van der Waals surface area contributed by atoms with E-state index in [2.05, 4.69) is 0 Å². The van der Waals surface area contributed by atoms with E-state index < -0.39 is 0 Å². The third kappa shape index (κ3) is 3.19. The van der Waals surface area contributed by atoms with Crippen LogP contribution in [0.25, 0.3) is 38.8 Å². The van der Waals surface area contributed by atoms with Crippen LogP contribution < -0.4 is 5.56 Å². The van der Waals surface area contributed by atoms with Gasteiger partial charge in [-0.25, -0.2) is 4.98 Å². The highest BCUT2D eigenvalue weighted by atomic mass is 35.5. The minimum absolute atomic E-state index is 0.131. The predicted molar refractivity (Wildman–Crippen MR) is 120 cm³/mol. The van der Waals surface area contributed by atoms with Crippen molar-refractivity contribution in [1.82, 2.24) is 9.55 Å². The molecule has 5 heteroatoms. The number of benzene rings is 4. The van der Waals surface area contributed by atoms with E-state index in [9.17, 15) is 4.79 Å². The van der Waals surface area contributed by atoms with Gasteiger partial charge in [0.25, 0.3) is 5.56 Å². The minimum atomic E-state index is -0.131. The summed E-state index contributed by atoms with van der Waals surface area (Å²) in [5, 5.41) is 3.84. The van der Waals surface area contributed by atoms with Gasteiger partial charge in [-0.2, -0.15) is 0 Å². The highest BCUT2D eigenvalue weighted by Gasteiger charge is 2.15. The summed E-state index contributed by atoms with van der Waals surface area (Å²) in [6.45, 7) is 0. The molecule has 0 aliphatic carbocycles. The second-order valence-electron chi connectivity index (χ2n) is 6.78. The zero-order valence-electron chi connectivity index (χ0n) is 15.1. The molecule has 0 aliphatic heterocycles. The lowest BCUT2D eigenvalue weighted by atomic mass is 10.1. The molecular formula is C24H14Cl2N2O. The Morgan fingerprint density at radius 2 is 1.31 bits per heavy atom. The predicted octanol–water partition coefficient (Wildman–Crippen LogP) is 6.51. The van der Waals surface area contributed by atoms with Crippen LogP contribution in [0.15, 0.2) is 89.7 Å². The van der Waals surface area contributed by atoms with Crippen molar-refractivity contribution in [3.63, 3.8) is 0 Å². The average molecular weight is 417 g/mol. The van der Waals surface area contributed by atoms with Crippen LogP contribution in [0.1, 0.15) is 0 Å². The summed E-state index contributed by atoms with van der Waals surface area (Å²) in [5.41, 5.74) is 2.03. The van der Waals surface area contributed by atoms with Gasteiger partial charge >= 0.3 is 0 Å². The first-order chi connectivity index (χ1) is 14.1. The zero-order chi connectivity index (χ0) is 20.0. The lowest BCUT2D eigenvalue weighted by Gasteiger charge is -2.14. The van der Waals surface area contributed by atoms with Gasteiger partial charge in [0.15, 0.2) is 0 Å². The first-order valence-electron chi connectivity index (χ1n) is 9.07. The average Bonchev–Trinajstić information content (AvgIpc) is 2.74. The molecule has 0 bridgehead atoms. The molecule has 1 aromatic heterocycles. The number of nitrogens with zero attached hydrogens (tertiary/aromatic N) is 2. The van der Waals surface area contributed by atoms with Crippen molar-refractivity contribution in [1.29, 1.82) is 0 Å². The first-order valence-corrected chi connectivity index (χ1v) is 9.83. The Balaban J connectivity index is 1.90. The maximum Gasteiger partial charge on any atom is 0.266 e. The van der Waals surface area contributed by atoms with Crippen molar-refractivity contribution in [2.24, 2.45) is 0 Å². The van der Waals surface area contributed by atoms with Crippen molar-refractivity contribution in [3.8, 4) is 17.1 Å². The number of fused-ring (bicyclic) bond motifs is 2. The summed E-state index contributed by atoms with van der Waals surface area (Å²) in [6, 6.07) is 26.3. The third-order valence-electron chi connectivity index (χ3n) is 4.92. The van der Waals surface area contributed by atoms with Crippen LogP contribution in [0.5, 0.6) is 0 Å². The van der Waals surface area contributed by atoms with Crippen LogP contribution in [0.4, 0.5) is 0 Å². The van der Waals surface area contributed by atoms with Gasteiger partial charge in [0.2, 0.25) is 0 Å². The molecule has 29 heavy (non-hydrogen) atoms. The molecule has 0 radical (unpaired) electrons. The summed E-state index contributed by atoms with van der Waals surface area (Å²) in [6.07, 6.45) is 0. The molecule has 140 valence electrons. The molecule has 0 saturated heterocycles. The number of hydrogen-bond acceptors (Lipinski definition) is 2. The van der Waals surface area contributed by atoms with Gasteiger partial charge in [-0.1, -0.05) is 47.5 Å². The minimum Gasteiger partial charge on any atom is -0.268 e. The molecule has 5 rings (SSSR count). The molecule has 0 atom stereocenters. The molecule has 0 N–H and O–H groups in total. The number of rotatable bonds is 2. The topological polar surface area (TPSA) is 34.9 Å². The fourth-order valence-corrected chi connectivity index (χ4v) is 3.75. The van der Waals surface area contributed by atoms with Gasteiger partial charge in [-0.3, -0.25) is 9.36 Å². The van der Waals surface area contributed by atoms with Crippen LogP contribution in [-0.4, -0.2) is 9.55 Å². The van der Waals surface area contributed by atoms with Crippen LogP contribution in [0.2, 0.25) is 10.0 Å². The smallest absolute Gasteiger partial charge is 0.266 e. The molecule has 4 aromatic carbocycles. The number of halogens is 2. The van der Waals surface area contributed by atoms with Crippen LogP contribution in [0.3, 0.4) is 0 Å². The fourth-order valence-electron chi connectivity index (χ4n) is 3.50. The first kappa shape index (κ1) is 17.9. The van der Waals surface area contributed by atoms with E-state index in [0.717, 1.165) is 16.3 Å². The Morgan fingerprint density at radius 1 is 0.724 bits per heavy atom. The molecule has 1 heterocycles. The summed E-state index contributed by atoms with van der Waals surface area (Å²) in [7, 11) is 0. The molecule has 0 saturated carbocycles. The maximum absolute atomic E-state index is 13.6. The van der Waals surface area contributed by atoms with E-state index in [-0.39, 0.29) is 5.56 Å². The Hall–Kier alpha value is -3.14. The van der Waals surface area contributed by atoms with Crippen LogP contribution in [0, 0.1) is 0 Å². The maximum atomic E-state index is 13.6. The molecule has 0 aliphatic rings. The summed E-state index contributed by atoms with van der Waals surface area (Å²) in [5.74, 6) is 0.553. The van der Waals surface area contributed by atoms with Crippen LogP contribution >= 0.6 is 23.2 Å². The quantitative estimate of drug-likeness (QED) is 0.307. The van der Waals surface area contributed by atoms with Gasteiger partial charge in [-0.05, 0) is 71.4 Å². The number of hydrogen-bond donors (Lipinski definition) is 0. The van der Waals surface area contributed by atoms with Gasteiger partial charge in [-0.15, -0.1) is 0 Å². The standard InChI is InChI=1S/C24H14Cl2N2O/c25-18-7-5-15(6-8-18)23-27-22-14-17-4-2-1-3-16(17)13-21(22)24(29)28(23)20-11-9-19(26)10-12-20/h1-14H. The van der Waals surface area contributed by atoms with E-state index in [0.29, 0.717) is 32.5 Å². The Kier molecular flexibility index (Phi) is 4.35. The van der Waals surface area contributed by atoms with Crippen molar-refractivity contribution < 1.29 is 0 Å². The molecule has 3 nitrogen and oxygen atoms in total. The Bertz CT molecular complexity index is 1420. The SMILES string of the molecule is O=c1c2cc3ccccc3cc2nc(-c2ccc(Cl)cc2)n1-c1ccc(Cl)cc1. The fraction of sp³-hybridized carbons (Fsp3) is 0. The molecule has 0 spiro atoms. The van der Waals surface area contributed by atoms with E-state index in [1.54, 1.807) is 28.8 Å². The number of aromatic nitrogens is 2. The van der Waals surface area contributed by atoms with Gasteiger partial charge < -0.3 is 0 Å². The normalized spacial score (nSPS) is 11.2. The second-order valence-corrected chi connectivity index (χ2v) is 7.65. The van der Waals surface area contributed by atoms with Crippen molar-refractivity contribution in [2.75, 3.05) is 0 Å². The molecule has 0 unspecified atom stereocenters. The van der Waals surface area contributed by atoms with Crippen molar-refractivity contribution >= 4 is 44.9 Å². The lowest BCUT2D eigenvalue weighted by Crippen LogP contribution is -2.22. The monoisotopic (exact) mass is 416 g/mol. The zero-order valence-corrected chi connectivity index (χ0v) is 16.7. The van der Waals surface area contributed by atoms with E-state index >= 15 is 0 Å². The van der Waals surface area contributed by atoms with E-state index in [1.165, 1.54) is 0 Å².